The summed E-state index contributed by atoms with van der Waals surface area (Å²) in [7, 11) is -4.00. The zero-order chi connectivity index (χ0) is 23.4. The second-order valence-corrected chi connectivity index (χ2v) is 9.84. The van der Waals surface area contributed by atoms with Crippen LogP contribution in [-0.2, 0) is 29.4 Å². The van der Waals surface area contributed by atoms with Crippen LogP contribution in [0, 0.1) is 5.82 Å². The van der Waals surface area contributed by atoms with Gasteiger partial charge in [0.2, 0.25) is 0 Å². The Morgan fingerprint density at radius 3 is 2.67 bits per heavy atom. The maximum absolute atomic E-state index is 13.1. The summed E-state index contributed by atoms with van der Waals surface area (Å²) in [5.74, 6) is 0.821. The lowest BCUT2D eigenvalue weighted by Crippen LogP contribution is -2.27. The number of hydrogen-bond acceptors (Lipinski definition) is 5. The van der Waals surface area contributed by atoms with Gasteiger partial charge in [-0.2, -0.15) is 0 Å². The molecular weight excluding hydrogens is 469 g/mol. The number of benzene rings is 2. The van der Waals surface area contributed by atoms with Crippen molar-refractivity contribution in [2.45, 2.75) is 43.5 Å². The molecule has 33 heavy (non-hydrogen) atoms. The maximum atomic E-state index is 13.1. The lowest BCUT2D eigenvalue weighted by molar-refractivity contribution is 0.0954. The summed E-state index contributed by atoms with van der Waals surface area (Å²) < 4.78 is 43.0. The molecule has 0 bridgehead atoms. The van der Waals surface area contributed by atoms with Crippen molar-refractivity contribution in [2.24, 2.45) is 0 Å². The van der Waals surface area contributed by atoms with Gasteiger partial charge >= 0.3 is 0 Å². The van der Waals surface area contributed by atoms with Crippen molar-refractivity contribution in [2.75, 3.05) is 11.3 Å². The lowest BCUT2D eigenvalue weighted by Gasteiger charge is -2.11. The van der Waals surface area contributed by atoms with Crippen LogP contribution in [0.4, 0.5) is 10.1 Å². The molecule has 2 heterocycles. The average molecular weight is 492 g/mol. The lowest BCUT2D eigenvalue weighted by atomic mass is 10.2. The van der Waals surface area contributed by atoms with E-state index in [1.165, 1.54) is 30.3 Å². The fourth-order valence-electron chi connectivity index (χ4n) is 3.69. The van der Waals surface area contributed by atoms with Crippen LogP contribution in [0.15, 0.2) is 47.4 Å². The predicted molar refractivity (Wildman–Crippen MR) is 122 cm³/mol. The van der Waals surface area contributed by atoms with E-state index in [1.54, 1.807) is 0 Å². The molecule has 2 N–H and O–H groups in total. The SMILES string of the molecule is O=C(NCCc1nnc2n1CCCCC2)c1cc(S(=O)(=O)Nc2ccc(F)cc2)ccc1Cl. The smallest absolute Gasteiger partial charge is 0.261 e. The number of carbonyl (C=O) groups excluding carboxylic acids is 1. The molecule has 0 atom stereocenters. The molecule has 1 amide bonds. The number of anilines is 1. The summed E-state index contributed by atoms with van der Waals surface area (Å²) in [6.45, 7) is 1.18. The van der Waals surface area contributed by atoms with Gasteiger partial charge in [-0.3, -0.25) is 9.52 Å². The van der Waals surface area contributed by atoms with Gasteiger partial charge in [0.1, 0.15) is 17.5 Å². The second-order valence-electron chi connectivity index (χ2n) is 7.75. The average Bonchev–Trinajstić information content (AvgIpc) is 3.01. The first kappa shape index (κ1) is 23.2. The largest absolute Gasteiger partial charge is 0.352 e. The Morgan fingerprint density at radius 2 is 1.88 bits per heavy atom. The van der Waals surface area contributed by atoms with Crippen LogP contribution in [-0.4, -0.2) is 35.6 Å². The van der Waals surface area contributed by atoms with E-state index in [2.05, 4.69) is 24.8 Å². The molecule has 4 rings (SSSR count). The summed E-state index contributed by atoms with van der Waals surface area (Å²) in [5.41, 5.74) is 0.239. The minimum atomic E-state index is -4.00. The molecule has 174 valence electrons. The zero-order valence-electron chi connectivity index (χ0n) is 17.7. The summed E-state index contributed by atoms with van der Waals surface area (Å²) in [6, 6.07) is 8.78. The number of nitrogens with zero attached hydrogens (tertiary/aromatic N) is 3. The van der Waals surface area contributed by atoms with Gasteiger partial charge in [-0.1, -0.05) is 18.0 Å². The number of aromatic nitrogens is 3. The van der Waals surface area contributed by atoms with E-state index < -0.39 is 21.7 Å². The molecule has 0 aliphatic carbocycles. The first-order valence-electron chi connectivity index (χ1n) is 10.6. The number of aryl methyl sites for hydroxylation is 1. The first-order chi connectivity index (χ1) is 15.8. The van der Waals surface area contributed by atoms with Crippen LogP contribution in [0.2, 0.25) is 5.02 Å². The second kappa shape index (κ2) is 9.88. The normalized spacial score (nSPS) is 13.8. The minimum Gasteiger partial charge on any atom is -0.352 e. The minimum absolute atomic E-state index is 0.0405. The molecule has 2 aromatic carbocycles. The van der Waals surface area contributed by atoms with Gasteiger partial charge < -0.3 is 9.88 Å². The van der Waals surface area contributed by atoms with Crippen molar-refractivity contribution < 1.29 is 17.6 Å². The quantitative estimate of drug-likeness (QED) is 0.525. The highest BCUT2D eigenvalue weighted by Crippen LogP contribution is 2.23. The molecule has 0 saturated heterocycles. The van der Waals surface area contributed by atoms with Crippen molar-refractivity contribution in [3.05, 3.63) is 70.5 Å². The van der Waals surface area contributed by atoms with Gasteiger partial charge in [0, 0.05) is 31.6 Å². The Labute approximate surface area is 196 Å². The Kier molecular flexibility index (Phi) is 6.94. The molecule has 1 aromatic heterocycles. The zero-order valence-corrected chi connectivity index (χ0v) is 19.3. The highest BCUT2D eigenvalue weighted by molar-refractivity contribution is 7.92. The molecule has 11 heteroatoms. The van der Waals surface area contributed by atoms with E-state index in [1.807, 2.05) is 0 Å². The Balaban J connectivity index is 1.43. The first-order valence-corrected chi connectivity index (χ1v) is 12.5. The third-order valence-corrected chi connectivity index (χ3v) is 7.12. The Hall–Kier alpha value is -2.98. The van der Waals surface area contributed by atoms with Crippen LogP contribution in [0.25, 0.3) is 0 Å². The molecule has 1 aliphatic heterocycles. The molecule has 3 aromatic rings. The van der Waals surface area contributed by atoms with Gasteiger partial charge in [-0.05, 0) is 55.3 Å². The number of amides is 1. The fraction of sp³-hybridized carbons (Fsp3) is 0.318. The number of hydrogen-bond donors (Lipinski definition) is 2. The van der Waals surface area contributed by atoms with Gasteiger partial charge in [-0.25, -0.2) is 12.8 Å². The maximum Gasteiger partial charge on any atom is 0.261 e. The van der Waals surface area contributed by atoms with E-state index in [9.17, 15) is 17.6 Å². The Morgan fingerprint density at radius 1 is 1.09 bits per heavy atom. The van der Waals surface area contributed by atoms with Crippen LogP contribution in [0.1, 0.15) is 41.3 Å². The van der Waals surface area contributed by atoms with E-state index in [0.29, 0.717) is 13.0 Å². The summed E-state index contributed by atoms with van der Waals surface area (Å²) in [5, 5.41) is 11.4. The summed E-state index contributed by atoms with van der Waals surface area (Å²) in [4.78, 5) is 12.6. The van der Waals surface area contributed by atoms with E-state index in [0.717, 1.165) is 56.0 Å². The van der Waals surface area contributed by atoms with Gasteiger partial charge in [0.25, 0.3) is 15.9 Å². The van der Waals surface area contributed by atoms with E-state index in [-0.39, 0.29) is 21.2 Å². The van der Waals surface area contributed by atoms with Crippen molar-refractivity contribution >= 4 is 33.2 Å². The molecule has 0 unspecified atom stereocenters. The van der Waals surface area contributed by atoms with Crippen molar-refractivity contribution in [1.82, 2.24) is 20.1 Å². The highest BCUT2D eigenvalue weighted by Gasteiger charge is 2.20. The molecular formula is C22H23ClFN5O3S. The van der Waals surface area contributed by atoms with Gasteiger partial charge in [0.05, 0.1) is 15.5 Å². The highest BCUT2D eigenvalue weighted by atomic mass is 35.5. The molecule has 0 spiro atoms. The summed E-state index contributed by atoms with van der Waals surface area (Å²) in [6.07, 6.45) is 4.74. The van der Waals surface area contributed by atoms with E-state index in [4.69, 9.17) is 11.6 Å². The predicted octanol–water partition coefficient (Wildman–Crippen LogP) is 3.57. The van der Waals surface area contributed by atoms with Crippen LogP contribution >= 0.6 is 11.6 Å². The van der Waals surface area contributed by atoms with E-state index >= 15 is 0 Å². The van der Waals surface area contributed by atoms with Crippen LogP contribution in [0.3, 0.4) is 0 Å². The topological polar surface area (TPSA) is 106 Å². The standard InChI is InChI=1S/C22H23ClFN5O3S/c23-19-10-9-17(33(31,32)28-16-7-5-15(24)6-8-16)14-18(19)22(30)25-12-11-21-27-26-20-4-2-1-3-13-29(20)21/h5-10,14,28H,1-4,11-13H2,(H,25,30). The molecule has 1 aliphatic rings. The number of rotatable bonds is 7. The van der Waals surface area contributed by atoms with Gasteiger partial charge in [0.15, 0.2) is 0 Å². The number of nitrogens with one attached hydrogen (secondary N) is 2. The van der Waals surface area contributed by atoms with Crippen molar-refractivity contribution in [3.8, 4) is 0 Å². The van der Waals surface area contributed by atoms with Crippen LogP contribution < -0.4 is 10.0 Å². The molecule has 0 fully saturated rings. The van der Waals surface area contributed by atoms with Crippen LogP contribution in [0.5, 0.6) is 0 Å². The fourth-order valence-corrected chi connectivity index (χ4v) is 4.98. The number of fused-ring (bicyclic) bond motifs is 1. The molecule has 0 radical (unpaired) electrons. The number of halogens is 2. The number of carbonyl (C=O) groups is 1. The third kappa shape index (κ3) is 5.51. The monoisotopic (exact) mass is 491 g/mol. The van der Waals surface area contributed by atoms with Crippen molar-refractivity contribution in [1.29, 1.82) is 0 Å². The summed E-state index contributed by atoms with van der Waals surface area (Å²) >= 11 is 6.17. The molecule has 8 nitrogen and oxygen atoms in total. The molecule has 0 saturated carbocycles. The van der Waals surface area contributed by atoms with Crippen molar-refractivity contribution in [3.63, 3.8) is 0 Å². The third-order valence-electron chi connectivity index (χ3n) is 5.41. The van der Waals surface area contributed by atoms with Gasteiger partial charge in [-0.15, -0.1) is 10.2 Å². The Bertz CT molecular complexity index is 1260. The number of sulfonamides is 1.